The van der Waals surface area contributed by atoms with Gasteiger partial charge in [0, 0.05) is 53.4 Å². The predicted octanol–water partition coefficient (Wildman–Crippen LogP) is -2.12. The maximum atomic E-state index is 8.55. The average molecular weight is 374 g/mol. The Morgan fingerprint density at radius 3 is 2.04 bits per heavy atom. The highest BCUT2D eigenvalue weighted by Crippen LogP contribution is 2.01. The van der Waals surface area contributed by atoms with E-state index in [0.717, 1.165) is 11.4 Å². The summed E-state index contributed by atoms with van der Waals surface area (Å²) in [6.45, 7) is 3.94. The van der Waals surface area contributed by atoms with Crippen molar-refractivity contribution in [1.82, 2.24) is 41.9 Å². The number of guanidine groups is 2. The Morgan fingerprint density at radius 1 is 0.963 bits per heavy atom. The largest absolute Gasteiger partial charge is 0.354 e. The second-order valence-electron chi connectivity index (χ2n) is 5.15. The fourth-order valence-electron chi connectivity index (χ4n) is 2.08. The van der Waals surface area contributed by atoms with Gasteiger partial charge in [0.05, 0.1) is 17.7 Å². The molecule has 0 radical (unpaired) electrons. The normalized spacial score (nSPS) is 11.4. The highest BCUT2D eigenvalue weighted by atomic mass is 15.2. The summed E-state index contributed by atoms with van der Waals surface area (Å²) in [7, 11) is 3.21. The molecule has 0 unspecified atom stereocenters. The van der Waals surface area contributed by atoms with Crippen LogP contribution in [0.4, 0.5) is 0 Å². The van der Waals surface area contributed by atoms with Crippen LogP contribution in [-0.4, -0.2) is 62.2 Å². The molecule has 12 heteroatoms. The summed E-state index contributed by atoms with van der Waals surface area (Å²) in [5.74, 6) is 0.888. The zero-order chi connectivity index (χ0) is 19.7. The highest BCUT2D eigenvalue weighted by molar-refractivity contribution is 5.81. The summed E-state index contributed by atoms with van der Waals surface area (Å²) in [5.41, 5.74) is 1.95. The first-order valence-electron chi connectivity index (χ1n) is 8.39. The van der Waals surface area contributed by atoms with Crippen molar-refractivity contribution < 1.29 is 0 Å². The lowest BCUT2D eigenvalue weighted by Crippen LogP contribution is -2.38. The summed E-state index contributed by atoms with van der Waals surface area (Å²) >= 11 is 0. The smallest absolute Gasteiger partial charge is 0.204 e. The summed E-state index contributed by atoms with van der Waals surface area (Å²) in [6.07, 6.45) is 5.31. The molecule has 0 aliphatic rings. The lowest BCUT2D eigenvalue weighted by molar-refractivity contribution is 0.633. The maximum Gasteiger partial charge on any atom is 0.204 e. The van der Waals surface area contributed by atoms with Crippen LogP contribution < -0.4 is 31.9 Å². The summed E-state index contributed by atoms with van der Waals surface area (Å²) < 4.78 is 0. The number of imidazole rings is 1. The van der Waals surface area contributed by atoms with E-state index >= 15 is 0 Å². The van der Waals surface area contributed by atoms with E-state index in [9.17, 15) is 0 Å². The summed E-state index contributed by atoms with van der Waals surface area (Å²) in [6, 6.07) is 0. The third-order valence-electron chi connectivity index (χ3n) is 3.39. The SMILES string of the molecule is CN=C(NC#N)NCCNCc1nc[nH]c1CNCCNC(=NC)NC#N. The number of nitriles is 2. The third kappa shape index (κ3) is 9.06. The van der Waals surface area contributed by atoms with Crippen LogP contribution in [0.25, 0.3) is 0 Å². The number of nitrogens with zero attached hydrogens (tertiary/aromatic N) is 5. The Labute approximate surface area is 158 Å². The van der Waals surface area contributed by atoms with Gasteiger partial charge in [-0.15, -0.1) is 0 Å². The quantitative estimate of drug-likeness (QED) is 0.0794. The number of H-pyrrole nitrogens is 1. The lowest BCUT2D eigenvalue weighted by atomic mass is 10.3. The Bertz CT molecular complexity index is 621. The maximum absolute atomic E-state index is 8.55. The van der Waals surface area contributed by atoms with Gasteiger partial charge < -0.3 is 26.3 Å². The fraction of sp³-hybridized carbons (Fsp3) is 0.533. The van der Waals surface area contributed by atoms with E-state index in [0.29, 0.717) is 51.2 Å². The van der Waals surface area contributed by atoms with Crippen molar-refractivity contribution in [3.63, 3.8) is 0 Å². The molecule has 0 saturated carbocycles. The zero-order valence-electron chi connectivity index (χ0n) is 15.6. The van der Waals surface area contributed by atoms with Gasteiger partial charge in [0.2, 0.25) is 11.9 Å². The van der Waals surface area contributed by atoms with Crippen molar-refractivity contribution in [2.45, 2.75) is 13.1 Å². The molecule has 1 aromatic heterocycles. The van der Waals surface area contributed by atoms with Crippen LogP contribution in [0.15, 0.2) is 16.3 Å². The summed E-state index contributed by atoms with van der Waals surface area (Å²) in [4.78, 5) is 15.3. The molecule has 1 heterocycles. The summed E-state index contributed by atoms with van der Waals surface area (Å²) in [5, 5.41) is 34.6. The van der Waals surface area contributed by atoms with E-state index in [-0.39, 0.29) is 0 Å². The van der Waals surface area contributed by atoms with Crippen LogP contribution >= 0.6 is 0 Å². The van der Waals surface area contributed by atoms with Crippen LogP contribution in [-0.2, 0) is 13.1 Å². The highest BCUT2D eigenvalue weighted by Gasteiger charge is 2.05. The first-order chi connectivity index (χ1) is 13.2. The van der Waals surface area contributed by atoms with Crippen molar-refractivity contribution >= 4 is 11.9 Å². The lowest BCUT2D eigenvalue weighted by Gasteiger charge is -2.09. The molecule has 146 valence electrons. The zero-order valence-corrected chi connectivity index (χ0v) is 15.6. The predicted molar refractivity (Wildman–Crippen MR) is 102 cm³/mol. The third-order valence-corrected chi connectivity index (χ3v) is 3.39. The molecular formula is C15H26N12. The standard InChI is InChI=1S/C15H26N12/c1-18-14(24-9-16)22-5-3-20-7-12-13(27-11-26-12)8-21-4-6-23-15(19-2)25-10-17/h11,20-21H,3-8H2,1-2H3,(H,26,27)(H2,18,22,24)(H2,19,23,25). The van der Waals surface area contributed by atoms with Gasteiger partial charge in [-0.05, 0) is 0 Å². The molecule has 0 aliphatic carbocycles. The molecule has 0 fully saturated rings. The topological polar surface area (TPSA) is 173 Å². The van der Waals surface area contributed by atoms with Crippen LogP contribution in [0.1, 0.15) is 11.4 Å². The molecule has 1 aromatic rings. The van der Waals surface area contributed by atoms with Crippen molar-refractivity contribution in [1.29, 1.82) is 10.5 Å². The second kappa shape index (κ2) is 13.9. The number of aromatic amines is 1. The molecule has 0 bridgehead atoms. The van der Waals surface area contributed by atoms with Gasteiger partial charge in [0.25, 0.3) is 0 Å². The van der Waals surface area contributed by atoms with Crippen LogP contribution in [0.5, 0.6) is 0 Å². The number of rotatable bonds is 10. The van der Waals surface area contributed by atoms with Gasteiger partial charge in [0.15, 0.2) is 12.4 Å². The van der Waals surface area contributed by atoms with Crippen LogP contribution in [0, 0.1) is 22.9 Å². The Hall–Kier alpha value is -3.35. The van der Waals surface area contributed by atoms with E-state index in [1.807, 2.05) is 12.4 Å². The van der Waals surface area contributed by atoms with Crippen molar-refractivity contribution in [3.8, 4) is 12.4 Å². The van der Waals surface area contributed by atoms with E-state index in [4.69, 9.17) is 10.5 Å². The number of hydrogen-bond donors (Lipinski definition) is 7. The number of aliphatic imine (C=N–C) groups is 2. The molecule has 7 N–H and O–H groups in total. The van der Waals surface area contributed by atoms with E-state index in [2.05, 4.69) is 51.9 Å². The Kier molecular flexibility index (Phi) is 11.2. The molecule has 1 rings (SSSR count). The molecule has 27 heavy (non-hydrogen) atoms. The molecule has 0 spiro atoms. The van der Waals surface area contributed by atoms with Crippen LogP contribution in [0.2, 0.25) is 0 Å². The van der Waals surface area contributed by atoms with E-state index in [1.54, 1.807) is 20.4 Å². The van der Waals surface area contributed by atoms with Crippen molar-refractivity contribution in [2.24, 2.45) is 9.98 Å². The average Bonchev–Trinajstić information content (AvgIpc) is 3.13. The molecule has 0 amide bonds. The first kappa shape index (κ1) is 21.7. The number of aromatic nitrogens is 2. The van der Waals surface area contributed by atoms with Gasteiger partial charge in [0.1, 0.15) is 0 Å². The first-order valence-corrected chi connectivity index (χ1v) is 8.39. The van der Waals surface area contributed by atoms with Crippen molar-refractivity contribution in [3.05, 3.63) is 17.7 Å². The minimum Gasteiger partial charge on any atom is -0.354 e. The minimum absolute atomic E-state index is 0.443. The van der Waals surface area contributed by atoms with Gasteiger partial charge in [-0.3, -0.25) is 20.6 Å². The molecule has 0 saturated heterocycles. The minimum atomic E-state index is 0.443. The number of nitrogens with one attached hydrogen (secondary N) is 7. The van der Waals surface area contributed by atoms with E-state index in [1.165, 1.54) is 0 Å². The Morgan fingerprint density at radius 2 is 1.52 bits per heavy atom. The monoisotopic (exact) mass is 374 g/mol. The molecule has 12 nitrogen and oxygen atoms in total. The van der Waals surface area contributed by atoms with Gasteiger partial charge in [-0.1, -0.05) is 0 Å². The molecule has 0 atom stereocenters. The van der Waals surface area contributed by atoms with Crippen LogP contribution in [0.3, 0.4) is 0 Å². The van der Waals surface area contributed by atoms with E-state index < -0.39 is 0 Å². The molecule has 0 aliphatic heterocycles. The van der Waals surface area contributed by atoms with Gasteiger partial charge in [-0.25, -0.2) is 4.98 Å². The van der Waals surface area contributed by atoms with Gasteiger partial charge in [-0.2, -0.15) is 10.5 Å². The van der Waals surface area contributed by atoms with Gasteiger partial charge >= 0.3 is 0 Å². The molecular weight excluding hydrogens is 348 g/mol. The van der Waals surface area contributed by atoms with Crippen molar-refractivity contribution in [2.75, 3.05) is 40.3 Å². The Balaban J connectivity index is 2.21. The second-order valence-corrected chi connectivity index (χ2v) is 5.15. The number of hydrogen-bond acceptors (Lipinski definition) is 7. The molecule has 0 aromatic carbocycles. The fourth-order valence-corrected chi connectivity index (χ4v) is 2.08.